The molecule has 1 aromatic rings. The molecule has 0 bridgehead atoms. The highest BCUT2D eigenvalue weighted by atomic mass is 127. The van der Waals surface area contributed by atoms with Crippen LogP contribution in [0.4, 0.5) is 0 Å². The molecule has 15 heavy (non-hydrogen) atoms. The third-order valence-electron chi connectivity index (χ3n) is 1.87. The molecular formula is C11H10INO2. The van der Waals surface area contributed by atoms with Crippen LogP contribution in [-0.4, -0.2) is 12.4 Å². The van der Waals surface area contributed by atoms with E-state index in [4.69, 9.17) is 10.00 Å². The van der Waals surface area contributed by atoms with Gasteiger partial charge < -0.3 is 4.74 Å². The highest BCUT2D eigenvalue weighted by Crippen LogP contribution is 2.25. The molecule has 0 spiro atoms. The first-order valence-electron chi connectivity index (χ1n) is 4.47. The summed E-state index contributed by atoms with van der Waals surface area (Å²) < 4.78 is 6.06. The van der Waals surface area contributed by atoms with Gasteiger partial charge in [-0.05, 0) is 48.6 Å². The number of hydrogen-bond donors (Lipinski definition) is 0. The summed E-state index contributed by atoms with van der Waals surface area (Å²) in [6.07, 6.45) is 0. The van der Waals surface area contributed by atoms with Crippen LogP contribution in [0.5, 0.6) is 5.75 Å². The van der Waals surface area contributed by atoms with Crippen LogP contribution in [-0.2, 0) is 0 Å². The SMILES string of the molecule is CCOc1cc(C(C)=O)cc(I)c1C#N. The summed E-state index contributed by atoms with van der Waals surface area (Å²) in [6.45, 7) is 3.81. The number of Topliss-reactive ketones (excluding diaryl/α,β-unsaturated/α-hetero) is 1. The predicted octanol–water partition coefficient (Wildman–Crippen LogP) is 2.76. The molecule has 0 amide bonds. The maximum atomic E-state index is 11.2. The molecule has 1 rings (SSSR count). The fourth-order valence-electron chi connectivity index (χ4n) is 1.16. The second-order valence-corrected chi connectivity index (χ2v) is 4.09. The van der Waals surface area contributed by atoms with Crippen molar-refractivity contribution in [2.45, 2.75) is 13.8 Å². The van der Waals surface area contributed by atoms with E-state index in [0.29, 0.717) is 23.5 Å². The van der Waals surface area contributed by atoms with Crippen LogP contribution in [0.2, 0.25) is 0 Å². The van der Waals surface area contributed by atoms with E-state index in [-0.39, 0.29) is 5.78 Å². The Morgan fingerprint density at radius 1 is 1.60 bits per heavy atom. The van der Waals surface area contributed by atoms with Crippen LogP contribution in [0, 0.1) is 14.9 Å². The molecule has 4 heteroatoms. The van der Waals surface area contributed by atoms with E-state index in [1.54, 1.807) is 12.1 Å². The van der Waals surface area contributed by atoms with Crippen LogP contribution in [0.3, 0.4) is 0 Å². The van der Waals surface area contributed by atoms with Gasteiger partial charge in [-0.25, -0.2) is 0 Å². The average Bonchev–Trinajstić information content (AvgIpc) is 2.17. The van der Waals surface area contributed by atoms with E-state index in [0.717, 1.165) is 3.57 Å². The van der Waals surface area contributed by atoms with E-state index in [1.165, 1.54) is 6.92 Å². The predicted molar refractivity (Wildman–Crippen MR) is 65.0 cm³/mol. The number of carbonyl (C=O) groups excluding carboxylic acids is 1. The zero-order valence-electron chi connectivity index (χ0n) is 8.50. The van der Waals surface area contributed by atoms with Gasteiger partial charge >= 0.3 is 0 Å². The summed E-state index contributed by atoms with van der Waals surface area (Å²) >= 11 is 2.03. The highest BCUT2D eigenvalue weighted by molar-refractivity contribution is 14.1. The molecule has 0 heterocycles. The number of ether oxygens (including phenoxy) is 1. The molecule has 0 unspecified atom stereocenters. The van der Waals surface area contributed by atoms with E-state index in [1.807, 2.05) is 29.5 Å². The van der Waals surface area contributed by atoms with Gasteiger partial charge in [-0.1, -0.05) is 0 Å². The lowest BCUT2D eigenvalue weighted by Crippen LogP contribution is -2.00. The molecule has 0 aromatic heterocycles. The van der Waals surface area contributed by atoms with Gasteiger partial charge in [0.25, 0.3) is 0 Å². The highest BCUT2D eigenvalue weighted by Gasteiger charge is 2.11. The number of carbonyl (C=O) groups is 1. The molecule has 0 N–H and O–H groups in total. The zero-order chi connectivity index (χ0) is 11.4. The maximum Gasteiger partial charge on any atom is 0.159 e. The minimum Gasteiger partial charge on any atom is -0.492 e. The van der Waals surface area contributed by atoms with E-state index in [2.05, 4.69) is 6.07 Å². The smallest absolute Gasteiger partial charge is 0.159 e. The Bertz CT molecular complexity index is 435. The fraction of sp³-hybridized carbons (Fsp3) is 0.273. The Kier molecular flexibility index (Phi) is 4.09. The van der Waals surface area contributed by atoms with Crippen molar-refractivity contribution in [1.82, 2.24) is 0 Å². The van der Waals surface area contributed by atoms with E-state index < -0.39 is 0 Å². The number of nitriles is 1. The summed E-state index contributed by atoms with van der Waals surface area (Å²) in [5.74, 6) is 0.454. The van der Waals surface area contributed by atoms with Crippen LogP contribution in [0.15, 0.2) is 12.1 Å². The van der Waals surface area contributed by atoms with Crippen molar-refractivity contribution < 1.29 is 9.53 Å². The van der Waals surface area contributed by atoms with Crippen LogP contribution in [0.1, 0.15) is 29.8 Å². The standard InChI is InChI=1S/C11H10INO2/c1-3-15-11-5-8(7(2)14)4-10(12)9(11)6-13/h4-5H,3H2,1-2H3. The molecule has 0 radical (unpaired) electrons. The first kappa shape index (κ1) is 12.0. The number of ketones is 1. The van der Waals surface area contributed by atoms with Crippen molar-refractivity contribution in [1.29, 1.82) is 5.26 Å². The largest absolute Gasteiger partial charge is 0.492 e. The minimum atomic E-state index is -0.0293. The molecular weight excluding hydrogens is 305 g/mol. The number of halogens is 1. The Morgan fingerprint density at radius 3 is 2.73 bits per heavy atom. The van der Waals surface area contributed by atoms with Gasteiger partial charge in [-0.3, -0.25) is 4.79 Å². The Hall–Kier alpha value is -1.09. The van der Waals surface area contributed by atoms with Crippen molar-refractivity contribution in [3.8, 4) is 11.8 Å². The summed E-state index contributed by atoms with van der Waals surface area (Å²) in [4.78, 5) is 11.2. The zero-order valence-corrected chi connectivity index (χ0v) is 10.7. The first-order valence-corrected chi connectivity index (χ1v) is 5.55. The van der Waals surface area contributed by atoms with E-state index >= 15 is 0 Å². The molecule has 1 aromatic carbocycles. The van der Waals surface area contributed by atoms with Crippen molar-refractivity contribution in [3.63, 3.8) is 0 Å². The third-order valence-corrected chi connectivity index (χ3v) is 2.72. The normalized spacial score (nSPS) is 9.47. The molecule has 3 nitrogen and oxygen atoms in total. The van der Waals surface area contributed by atoms with Gasteiger partial charge in [-0.15, -0.1) is 0 Å². The first-order chi connectivity index (χ1) is 7.10. The number of hydrogen-bond acceptors (Lipinski definition) is 3. The molecule has 0 aliphatic carbocycles. The van der Waals surface area contributed by atoms with Gasteiger partial charge in [0.05, 0.1) is 6.61 Å². The lowest BCUT2D eigenvalue weighted by Gasteiger charge is -2.08. The molecule has 0 saturated carbocycles. The van der Waals surface area contributed by atoms with Gasteiger partial charge in [0, 0.05) is 9.13 Å². The summed E-state index contributed by atoms with van der Waals surface area (Å²) in [7, 11) is 0. The fourth-order valence-corrected chi connectivity index (χ4v) is 1.88. The van der Waals surface area contributed by atoms with Crippen molar-refractivity contribution in [2.24, 2.45) is 0 Å². The van der Waals surface area contributed by atoms with Gasteiger partial charge in [0.2, 0.25) is 0 Å². The minimum absolute atomic E-state index is 0.0293. The molecule has 0 atom stereocenters. The Morgan fingerprint density at radius 2 is 2.27 bits per heavy atom. The number of rotatable bonds is 3. The molecule has 0 saturated heterocycles. The van der Waals surface area contributed by atoms with Gasteiger partial charge in [0.15, 0.2) is 5.78 Å². The molecule has 0 aliphatic rings. The quantitative estimate of drug-likeness (QED) is 0.636. The van der Waals surface area contributed by atoms with Crippen LogP contribution >= 0.6 is 22.6 Å². The van der Waals surface area contributed by atoms with Gasteiger partial charge in [0.1, 0.15) is 17.4 Å². The van der Waals surface area contributed by atoms with Crippen LogP contribution in [0.25, 0.3) is 0 Å². The summed E-state index contributed by atoms with van der Waals surface area (Å²) in [6, 6.07) is 5.39. The summed E-state index contributed by atoms with van der Waals surface area (Å²) in [5.41, 5.74) is 1.06. The third kappa shape index (κ3) is 2.69. The second kappa shape index (κ2) is 5.12. The van der Waals surface area contributed by atoms with Crippen molar-refractivity contribution in [3.05, 3.63) is 26.8 Å². The lowest BCUT2D eigenvalue weighted by molar-refractivity contribution is 0.101. The summed E-state index contributed by atoms with van der Waals surface area (Å²) in [5, 5.41) is 8.94. The number of benzene rings is 1. The second-order valence-electron chi connectivity index (χ2n) is 2.93. The monoisotopic (exact) mass is 315 g/mol. The average molecular weight is 315 g/mol. The van der Waals surface area contributed by atoms with Crippen LogP contribution < -0.4 is 4.74 Å². The molecule has 78 valence electrons. The Balaban J connectivity index is 3.33. The van der Waals surface area contributed by atoms with E-state index in [9.17, 15) is 4.79 Å². The molecule has 0 fully saturated rings. The lowest BCUT2D eigenvalue weighted by atomic mass is 10.1. The van der Waals surface area contributed by atoms with Crippen molar-refractivity contribution in [2.75, 3.05) is 6.61 Å². The Labute approximate surface area is 102 Å². The van der Waals surface area contributed by atoms with Crippen molar-refractivity contribution >= 4 is 28.4 Å². The van der Waals surface area contributed by atoms with Gasteiger partial charge in [-0.2, -0.15) is 5.26 Å². The molecule has 0 aliphatic heterocycles. The number of nitrogens with zero attached hydrogens (tertiary/aromatic N) is 1. The maximum absolute atomic E-state index is 11.2. The topological polar surface area (TPSA) is 50.1 Å².